The molecule has 118 valence electrons. The summed E-state index contributed by atoms with van der Waals surface area (Å²) in [6, 6.07) is 26.1. The molecule has 0 fully saturated rings. The van der Waals surface area contributed by atoms with Crippen LogP contribution in [0.15, 0.2) is 82.6 Å². The molecule has 0 atom stereocenters. The predicted molar refractivity (Wildman–Crippen MR) is 109 cm³/mol. The van der Waals surface area contributed by atoms with Gasteiger partial charge in [0.2, 0.25) is 0 Å². The Hall–Kier alpha value is -1.90. The highest BCUT2D eigenvalue weighted by molar-refractivity contribution is 8.76. The first-order valence-electron chi connectivity index (χ1n) is 8.05. The van der Waals surface area contributed by atoms with Crippen LogP contribution in [0.1, 0.15) is 11.1 Å². The molecule has 0 N–H and O–H groups in total. The van der Waals surface area contributed by atoms with Gasteiger partial charge in [-0.3, -0.25) is 0 Å². The van der Waals surface area contributed by atoms with Crippen LogP contribution in [0, 0.1) is 13.8 Å². The Morgan fingerprint density at radius 3 is 1.38 bits per heavy atom. The summed E-state index contributed by atoms with van der Waals surface area (Å²) in [5, 5.41) is 5.29. The SMILES string of the molecule is Cc1ccc2ccccc2c1SSc1c(C)ccc2ccccc12. The number of rotatable bonds is 3. The van der Waals surface area contributed by atoms with Gasteiger partial charge in [0.25, 0.3) is 0 Å². The lowest BCUT2D eigenvalue weighted by Gasteiger charge is -2.12. The van der Waals surface area contributed by atoms with Crippen LogP contribution in [0.25, 0.3) is 21.5 Å². The van der Waals surface area contributed by atoms with E-state index in [4.69, 9.17) is 0 Å². The first-order chi connectivity index (χ1) is 11.7. The summed E-state index contributed by atoms with van der Waals surface area (Å²) in [5.41, 5.74) is 2.67. The van der Waals surface area contributed by atoms with E-state index < -0.39 is 0 Å². The van der Waals surface area contributed by atoms with Gasteiger partial charge in [-0.1, -0.05) is 94.4 Å². The molecule has 0 bridgehead atoms. The summed E-state index contributed by atoms with van der Waals surface area (Å²) >= 11 is 0. The molecule has 0 nitrogen and oxygen atoms in total. The van der Waals surface area contributed by atoms with Crippen molar-refractivity contribution >= 4 is 43.1 Å². The van der Waals surface area contributed by atoms with Gasteiger partial charge in [-0.2, -0.15) is 0 Å². The minimum atomic E-state index is 1.31. The molecule has 0 saturated carbocycles. The maximum Gasteiger partial charge on any atom is 0.0293 e. The monoisotopic (exact) mass is 346 g/mol. The molecule has 0 aliphatic carbocycles. The van der Waals surface area contributed by atoms with Crippen molar-refractivity contribution in [2.24, 2.45) is 0 Å². The highest BCUT2D eigenvalue weighted by Crippen LogP contribution is 2.45. The van der Waals surface area contributed by atoms with Crippen LogP contribution < -0.4 is 0 Å². The Bertz CT molecular complexity index is 949. The molecule has 0 radical (unpaired) electrons. The summed E-state index contributed by atoms with van der Waals surface area (Å²) in [4.78, 5) is 2.73. The van der Waals surface area contributed by atoms with Crippen molar-refractivity contribution in [3.63, 3.8) is 0 Å². The van der Waals surface area contributed by atoms with Crippen LogP contribution in [0.4, 0.5) is 0 Å². The second-order valence-electron chi connectivity index (χ2n) is 6.03. The van der Waals surface area contributed by atoms with E-state index in [0.29, 0.717) is 0 Å². The van der Waals surface area contributed by atoms with Gasteiger partial charge in [0.1, 0.15) is 0 Å². The Kier molecular flexibility index (Phi) is 4.26. The summed E-state index contributed by atoms with van der Waals surface area (Å²) in [6.45, 7) is 4.40. The van der Waals surface area contributed by atoms with Gasteiger partial charge in [-0.25, -0.2) is 0 Å². The van der Waals surface area contributed by atoms with E-state index in [1.807, 2.05) is 21.6 Å². The fourth-order valence-corrected chi connectivity index (χ4v) is 5.95. The molecule has 0 heterocycles. The maximum absolute atomic E-state index is 2.22. The Labute approximate surface area is 150 Å². The van der Waals surface area contributed by atoms with Crippen molar-refractivity contribution in [1.29, 1.82) is 0 Å². The molecular weight excluding hydrogens is 328 g/mol. The number of aryl methyl sites for hydroxylation is 2. The maximum atomic E-state index is 2.22. The highest BCUT2D eigenvalue weighted by atomic mass is 33.1. The topological polar surface area (TPSA) is 0 Å². The Morgan fingerprint density at radius 1 is 0.500 bits per heavy atom. The van der Waals surface area contributed by atoms with Crippen LogP contribution in [0.5, 0.6) is 0 Å². The summed E-state index contributed by atoms with van der Waals surface area (Å²) < 4.78 is 0. The van der Waals surface area contributed by atoms with E-state index in [9.17, 15) is 0 Å². The van der Waals surface area contributed by atoms with Gasteiger partial charge in [-0.05, 0) is 46.5 Å². The van der Waals surface area contributed by atoms with Gasteiger partial charge in [0, 0.05) is 9.79 Å². The molecule has 0 aromatic heterocycles. The number of benzene rings is 4. The van der Waals surface area contributed by atoms with E-state index >= 15 is 0 Å². The highest BCUT2D eigenvalue weighted by Gasteiger charge is 2.10. The molecule has 2 heteroatoms. The average Bonchev–Trinajstić information content (AvgIpc) is 2.62. The Morgan fingerprint density at radius 2 is 0.917 bits per heavy atom. The van der Waals surface area contributed by atoms with Crippen molar-refractivity contribution in [1.82, 2.24) is 0 Å². The molecule has 4 rings (SSSR count). The molecular formula is C22H18S2. The third-order valence-corrected chi connectivity index (χ3v) is 7.11. The zero-order valence-electron chi connectivity index (χ0n) is 13.7. The second kappa shape index (κ2) is 6.54. The molecule has 24 heavy (non-hydrogen) atoms. The summed E-state index contributed by atoms with van der Waals surface area (Å²) in [5.74, 6) is 0. The van der Waals surface area contributed by atoms with Crippen LogP contribution in [-0.2, 0) is 0 Å². The quantitative estimate of drug-likeness (QED) is 0.354. The smallest absolute Gasteiger partial charge is 0.0293 e. The van der Waals surface area contributed by atoms with Crippen LogP contribution >= 0.6 is 21.6 Å². The third-order valence-electron chi connectivity index (χ3n) is 4.36. The number of hydrogen-bond acceptors (Lipinski definition) is 2. The predicted octanol–water partition coefficient (Wildman–Crippen LogP) is 7.41. The largest absolute Gasteiger partial charge is 0.0616 e. The van der Waals surface area contributed by atoms with E-state index in [0.717, 1.165) is 0 Å². The van der Waals surface area contributed by atoms with Gasteiger partial charge in [0.05, 0.1) is 0 Å². The van der Waals surface area contributed by atoms with E-state index in [1.54, 1.807) is 0 Å². The first-order valence-corrected chi connectivity index (χ1v) is 10.2. The second-order valence-corrected chi connectivity index (χ2v) is 8.18. The molecule has 4 aromatic rings. The lowest BCUT2D eigenvalue weighted by atomic mass is 10.1. The van der Waals surface area contributed by atoms with Crippen molar-refractivity contribution < 1.29 is 0 Å². The van der Waals surface area contributed by atoms with Crippen LogP contribution in [0.3, 0.4) is 0 Å². The van der Waals surface area contributed by atoms with Gasteiger partial charge in [0.15, 0.2) is 0 Å². The standard InChI is InChI=1S/C22H18S2/c1-15-11-13-17-7-3-5-9-19(17)21(15)23-24-22-16(2)12-14-18-8-4-6-10-20(18)22/h3-14H,1-2H3. The van der Waals surface area contributed by atoms with Gasteiger partial charge >= 0.3 is 0 Å². The minimum Gasteiger partial charge on any atom is -0.0616 e. The zero-order valence-corrected chi connectivity index (χ0v) is 15.4. The van der Waals surface area contributed by atoms with Gasteiger partial charge < -0.3 is 0 Å². The molecule has 0 spiro atoms. The normalized spacial score (nSPS) is 11.2. The minimum absolute atomic E-state index is 1.31. The molecule has 0 unspecified atom stereocenters. The lowest BCUT2D eigenvalue weighted by molar-refractivity contribution is 1.35. The first kappa shape index (κ1) is 15.6. The van der Waals surface area contributed by atoms with Crippen molar-refractivity contribution in [2.45, 2.75) is 23.6 Å². The van der Waals surface area contributed by atoms with Crippen molar-refractivity contribution in [3.8, 4) is 0 Å². The van der Waals surface area contributed by atoms with E-state index in [-0.39, 0.29) is 0 Å². The molecule has 0 amide bonds. The Balaban J connectivity index is 1.77. The van der Waals surface area contributed by atoms with E-state index in [1.165, 1.54) is 42.5 Å². The third kappa shape index (κ3) is 2.81. The summed E-state index contributed by atoms with van der Waals surface area (Å²) in [6.07, 6.45) is 0. The fraction of sp³-hybridized carbons (Fsp3) is 0.0909. The van der Waals surface area contributed by atoms with Crippen molar-refractivity contribution in [2.75, 3.05) is 0 Å². The van der Waals surface area contributed by atoms with Crippen molar-refractivity contribution in [3.05, 3.63) is 83.9 Å². The summed E-state index contributed by atoms with van der Waals surface area (Å²) in [7, 11) is 3.75. The van der Waals surface area contributed by atoms with Crippen LogP contribution in [0.2, 0.25) is 0 Å². The molecule has 4 aromatic carbocycles. The van der Waals surface area contributed by atoms with E-state index in [2.05, 4.69) is 86.6 Å². The molecule has 0 saturated heterocycles. The lowest BCUT2D eigenvalue weighted by Crippen LogP contribution is -1.84. The average molecular weight is 347 g/mol. The fourth-order valence-electron chi connectivity index (χ4n) is 3.01. The number of hydrogen-bond donors (Lipinski definition) is 0. The van der Waals surface area contributed by atoms with Crippen LogP contribution in [-0.4, -0.2) is 0 Å². The molecule has 0 aliphatic heterocycles. The number of fused-ring (bicyclic) bond motifs is 2. The van der Waals surface area contributed by atoms with Gasteiger partial charge in [-0.15, -0.1) is 0 Å². The zero-order chi connectivity index (χ0) is 16.5. The molecule has 0 aliphatic rings.